The summed E-state index contributed by atoms with van der Waals surface area (Å²) in [4.78, 5) is 0. The number of rotatable bonds is 14. The second-order valence-electron chi connectivity index (χ2n) is 7.95. The van der Waals surface area contributed by atoms with E-state index in [4.69, 9.17) is 14.2 Å². The maximum Gasteiger partial charge on any atom is 0.0717 e. The smallest absolute Gasteiger partial charge is 0.0717 e. The molecule has 17 heteroatoms. The number of hydrogen-bond acceptors (Lipinski definition) is 17. The van der Waals surface area contributed by atoms with Gasteiger partial charge in [-0.1, -0.05) is 94.1 Å². The molecule has 0 atom stereocenters. The van der Waals surface area contributed by atoms with E-state index in [2.05, 4.69) is 10.8 Å². The summed E-state index contributed by atoms with van der Waals surface area (Å²) in [6, 6.07) is 0. The summed E-state index contributed by atoms with van der Waals surface area (Å²) in [5.74, 6) is 6.92. The predicted molar refractivity (Wildman–Crippen MR) is 212 cm³/mol. The third-order valence-electron chi connectivity index (χ3n) is 5.11. The largest absolute Gasteiger partial charge is 0.378 e. The van der Waals surface area contributed by atoms with Crippen molar-refractivity contribution in [3.05, 3.63) is 53.2 Å². The van der Waals surface area contributed by atoms with Gasteiger partial charge in [0.15, 0.2) is 0 Å². The minimum atomic E-state index is 0.623. The summed E-state index contributed by atoms with van der Waals surface area (Å²) in [5.41, 5.74) is 0. The van der Waals surface area contributed by atoms with Crippen molar-refractivity contribution in [3.8, 4) is 0 Å². The Morgan fingerprint density at radius 3 is 1.20 bits per heavy atom. The van der Waals surface area contributed by atoms with Crippen LogP contribution in [0.2, 0.25) is 0 Å². The summed E-state index contributed by atoms with van der Waals surface area (Å²) in [5, 5.41) is 4.60. The number of ether oxygens (including phenoxy) is 3. The molecule has 3 nitrogen and oxygen atoms in total. The molecule has 0 radical (unpaired) electrons. The van der Waals surface area contributed by atoms with E-state index >= 15 is 0 Å². The quantitative estimate of drug-likeness (QED) is 0.156. The second kappa shape index (κ2) is 18.7. The fraction of sp³-hybridized carbons (Fsp3) is 0.500. The molecule has 0 aromatic heterocycles. The Morgan fingerprint density at radius 1 is 0.439 bits per heavy atom. The molecule has 6 heterocycles. The lowest BCUT2D eigenvalue weighted by atomic mass is 10.7. The summed E-state index contributed by atoms with van der Waals surface area (Å²) >= 11 is 27.4. The van der Waals surface area contributed by atoms with E-state index in [0.717, 1.165) is 24.7 Å². The average molecular weight is 811 g/mol. The van der Waals surface area contributed by atoms with Crippen molar-refractivity contribution in [2.75, 3.05) is 74.2 Å². The highest BCUT2D eigenvalue weighted by molar-refractivity contribution is 8.44. The van der Waals surface area contributed by atoms with Gasteiger partial charge in [0.2, 0.25) is 0 Å². The lowest BCUT2D eigenvalue weighted by Gasteiger charge is -2.08. The predicted octanol–water partition coefficient (Wildman–Crippen LogP) is 11.5. The Balaban J connectivity index is 0.724. The lowest BCUT2D eigenvalue weighted by Crippen LogP contribution is -2.11. The first-order valence-corrected chi connectivity index (χ1v) is 25.2. The van der Waals surface area contributed by atoms with Gasteiger partial charge in [0.25, 0.3) is 0 Å². The zero-order valence-electron chi connectivity index (χ0n) is 21.6. The van der Waals surface area contributed by atoms with Gasteiger partial charge in [-0.25, -0.2) is 0 Å². The van der Waals surface area contributed by atoms with Crippen LogP contribution in [0.25, 0.3) is 0 Å². The van der Waals surface area contributed by atoms with E-state index < -0.39 is 0 Å². The van der Waals surface area contributed by atoms with Crippen LogP contribution in [-0.2, 0) is 14.2 Å². The highest BCUT2D eigenvalue weighted by atomic mass is 32.3. The van der Waals surface area contributed by atoms with Gasteiger partial charge in [0.05, 0.1) is 82.0 Å². The third-order valence-corrected chi connectivity index (χ3v) is 25.1. The molecule has 0 saturated carbocycles. The Morgan fingerprint density at radius 2 is 0.805 bits per heavy atom. The molecule has 224 valence electrons. The van der Waals surface area contributed by atoms with E-state index in [1.54, 1.807) is 0 Å². The average Bonchev–Trinajstić information content (AvgIpc) is 3.80. The normalized spacial score (nSPS) is 22.7. The van der Waals surface area contributed by atoms with Crippen LogP contribution in [0.4, 0.5) is 0 Å². The SMILES string of the molecule is C1=C(SCCOCCOCCOCCSC2=CSC(=C3SC4=C(SCCS4)S3)S2)SC(=C2SC3=C(SCCS3)S2)S1. The second-order valence-corrected chi connectivity index (χ2v) is 25.2. The summed E-state index contributed by atoms with van der Waals surface area (Å²) in [6.45, 7) is 4.03. The van der Waals surface area contributed by atoms with Crippen LogP contribution in [0.3, 0.4) is 0 Å². The maximum absolute atomic E-state index is 5.77. The van der Waals surface area contributed by atoms with Crippen LogP contribution in [0.15, 0.2) is 53.2 Å². The van der Waals surface area contributed by atoms with Gasteiger partial charge in [-0.05, 0) is 10.8 Å². The minimum absolute atomic E-state index is 0.623. The Hall–Kier alpha value is 3.22. The molecule has 0 spiro atoms. The third kappa shape index (κ3) is 10.6. The van der Waals surface area contributed by atoms with Crippen molar-refractivity contribution < 1.29 is 14.2 Å². The van der Waals surface area contributed by atoms with Crippen LogP contribution in [-0.4, -0.2) is 74.2 Å². The van der Waals surface area contributed by atoms with E-state index in [-0.39, 0.29) is 0 Å². The maximum atomic E-state index is 5.77. The number of hydrogen-bond donors (Lipinski definition) is 0. The first-order valence-electron chi connectivity index (χ1n) is 12.6. The Bertz CT molecular complexity index is 1030. The topological polar surface area (TPSA) is 27.7 Å². The fourth-order valence-corrected chi connectivity index (χ4v) is 23.1. The molecule has 6 rings (SSSR count). The molecule has 0 aromatic carbocycles. The molecule has 0 N–H and O–H groups in total. The minimum Gasteiger partial charge on any atom is -0.378 e. The molecule has 0 aliphatic carbocycles. The molecule has 6 aliphatic rings. The van der Waals surface area contributed by atoms with Crippen molar-refractivity contribution in [2.45, 2.75) is 0 Å². The zero-order valence-corrected chi connectivity index (χ0v) is 33.0. The Kier molecular flexibility index (Phi) is 15.5. The Labute approximate surface area is 302 Å². The highest BCUT2D eigenvalue weighted by Crippen LogP contribution is 2.65. The molecule has 0 amide bonds. The first kappa shape index (κ1) is 34.1. The molecule has 0 saturated heterocycles. The monoisotopic (exact) mass is 810 g/mol. The van der Waals surface area contributed by atoms with Crippen molar-refractivity contribution in [1.29, 1.82) is 0 Å². The van der Waals surface area contributed by atoms with Crippen LogP contribution in [0.1, 0.15) is 0 Å². The molecule has 6 aliphatic heterocycles. The van der Waals surface area contributed by atoms with Crippen molar-refractivity contribution in [1.82, 2.24) is 0 Å². The van der Waals surface area contributed by atoms with Gasteiger partial charge in [-0.2, -0.15) is 0 Å². The molecule has 0 bridgehead atoms. The summed E-state index contributed by atoms with van der Waals surface area (Å²) in [7, 11) is 0. The summed E-state index contributed by atoms with van der Waals surface area (Å²) in [6.07, 6.45) is 0. The highest BCUT2D eigenvalue weighted by Gasteiger charge is 2.30. The fourth-order valence-electron chi connectivity index (χ4n) is 3.34. The van der Waals surface area contributed by atoms with Crippen molar-refractivity contribution in [3.63, 3.8) is 0 Å². The first-order chi connectivity index (χ1) is 20.3. The van der Waals surface area contributed by atoms with E-state index in [1.165, 1.54) is 65.4 Å². The molecule has 0 unspecified atom stereocenters. The van der Waals surface area contributed by atoms with Crippen LogP contribution < -0.4 is 0 Å². The molecular weight excluding hydrogens is 785 g/mol. The molecule has 0 fully saturated rings. The zero-order chi connectivity index (χ0) is 27.7. The van der Waals surface area contributed by atoms with Gasteiger partial charge in [-0.15, -0.1) is 70.6 Å². The van der Waals surface area contributed by atoms with Crippen molar-refractivity contribution >= 4 is 165 Å². The van der Waals surface area contributed by atoms with E-state index in [1.807, 2.05) is 165 Å². The standard InChI is InChI=1S/C24H26O3S14/c1(3-26-5-7-28-15-13-34-21(36-15)23-38-17-18(39-23)31-10-9-30-17)25-2-4-27-6-8-29-16-14-35-22(37-16)24-40-19-20(41-24)33-12-11-32-19/h13-14H,1-12H2. The van der Waals surface area contributed by atoms with Gasteiger partial charge >= 0.3 is 0 Å². The van der Waals surface area contributed by atoms with Gasteiger partial charge in [-0.3, -0.25) is 0 Å². The number of thioether (sulfide) groups is 14. The van der Waals surface area contributed by atoms with Crippen molar-refractivity contribution in [2.24, 2.45) is 0 Å². The van der Waals surface area contributed by atoms with Crippen LogP contribution in [0, 0.1) is 0 Å². The van der Waals surface area contributed by atoms with Gasteiger partial charge in [0, 0.05) is 34.5 Å². The lowest BCUT2D eigenvalue weighted by molar-refractivity contribution is 0.0205. The van der Waals surface area contributed by atoms with Gasteiger partial charge < -0.3 is 14.2 Å². The van der Waals surface area contributed by atoms with E-state index in [9.17, 15) is 0 Å². The van der Waals surface area contributed by atoms with Gasteiger partial charge in [0.1, 0.15) is 0 Å². The van der Waals surface area contributed by atoms with Crippen LogP contribution in [0.5, 0.6) is 0 Å². The molecular formula is C24H26O3S14. The van der Waals surface area contributed by atoms with Crippen LogP contribution >= 0.6 is 165 Å². The summed E-state index contributed by atoms with van der Waals surface area (Å²) < 4.78 is 31.9. The van der Waals surface area contributed by atoms with E-state index in [0.29, 0.717) is 26.4 Å². The molecule has 0 aromatic rings. The molecule has 41 heavy (non-hydrogen) atoms.